The van der Waals surface area contributed by atoms with Gasteiger partial charge in [-0.15, -0.1) is 10.2 Å². The molecule has 1 aromatic rings. The number of carbonyl (C=O) groups excluding carboxylic acids is 1. The third-order valence-corrected chi connectivity index (χ3v) is 8.74. The van der Waals surface area contributed by atoms with Crippen LogP contribution in [0.15, 0.2) is 9.64 Å². The molecular formula is C17H25N3O4S2. The fourth-order valence-electron chi connectivity index (χ4n) is 4.87. The van der Waals surface area contributed by atoms with Crippen LogP contribution in [-0.4, -0.2) is 47.8 Å². The molecule has 5 atom stereocenters. The minimum atomic E-state index is -2.98. The zero-order chi connectivity index (χ0) is 18.3. The van der Waals surface area contributed by atoms with E-state index < -0.39 is 9.84 Å². The van der Waals surface area contributed by atoms with E-state index in [0.29, 0.717) is 23.5 Å². The van der Waals surface area contributed by atoms with Crippen molar-refractivity contribution in [1.82, 2.24) is 15.5 Å². The Morgan fingerprint density at radius 3 is 2.81 bits per heavy atom. The molecule has 2 bridgehead atoms. The van der Waals surface area contributed by atoms with Crippen LogP contribution in [0, 0.1) is 17.8 Å². The third-order valence-electron chi connectivity index (χ3n) is 6.15. The molecule has 2 heterocycles. The lowest BCUT2D eigenvalue weighted by molar-refractivity contribution is -0.119. The van der Waals surface area contributed by atoms with Gasteiger partial charge in [0.2, 0.25) is 11.8 Å². The number of aromatic nitrogens is 2. The highest BCUT2D eigenvalue weighted by Gasteiger charge is 2.42. The summed E-state index contributed by atoms with van der Waals surface area (Å²) >= 11 is 1.21. The summed E-state index contributed by atoms with van der Waals surface area (Å²) in [5.74, 6) is 2.87. The Morgan fingerprint density at radius 2 is 2.15 bits per heavy atom. The minimum Gasteiger partial charge on any atom is -0.416 e. The first-order valence-corrected chi connectivity index (χ1v) is 12.2. The molecule has 144 valence electrons. The van der Waals surface area contributed by atoms with E-state index in [1.54, 1.807) is 0 Å². The van der Waals surface area contributed by atoms with E-state index in [1.165, 1.54) is 37.4 Å². The number of nitrogens with one attached hydrogen (secondary N) is 1. The van der Waals surface area contributed by atoms with Gasteiger partial charge in [0.15, 0.2) is 9.84 Å². The van der Waals surface area contributed by atoms with Crippen LogP contribution in [0.3, 0.4) is 0 Å². The van der Waals surface area contributed by atoms with Crippen molar-refractivity contribution in [2.75, 3.05) is 17.3 Å². The quantitative estimate of drug-likeness (QED) is 0.730. The van der Waals surface area contributed by atoms with Crippen molar-refractivity contribution in [3.63, 3.8) is 0 Å². The molecule has 0 radical (unpaired) electrons. The van der Waals surface area contributed by atoms with Gasteiger partial charge in [-0.2, -0.15) is 0 Å². The Bertz CT molecular complexity index is 779. The van der Waals surface area contributed by atoms with Gasteiger partial charge < -0.3 is 9.73 Å². The minimum absolute atomic E-state index is 0.0199. The lowest BCUT2D eigenvalue weighted by atomic mass is 9.84. The van der Waals surface area contributed by atoms with Gasteiger partial charge in [0.05, 0.1) is 23.2 Å². The molecule has 7 nitrogen and oxygen atoms in total. The highest BCUT2D eigenvalue weighted by molar-refractivity contribution is 7.99. The predicted molar refractivity (Wildman–Crippen MR) is 97.6 cm³/mol. The summed E-state index contributed by atoms with van der Waals surface area (Å²) in [6, 6.07) is 0.209. The number of amides is 1. The maximum Gasteiger partial charge on any atom is 0.277 e. The molecule has 1 saturated heterocycles. The van der Waals surface area contributed by atoms with E-state index in [9.17, 15) is 13.2 Å². The van der Waals surface area contributed by atoms with Crippen molar-refractivity contribution in [1.29, 1.82) is 0 Å². The number of hydrogen-bond donors (Lipinski definition) is 1. The van der Waals surface area contributed by atoms with Crippen LogP contribution in [0.1, 0.15) is 50.8 Å². The van der Waals surface area contributed by atoms with Gasteiger partial charge in [-0.05, 0) is 50.4 Å². The maximum atomic E-state index is 12.2. The second kappa shape index (κ2) is 7.14. The summed E-state index contributed by atoms with van der Waals surface area (Å²) in [5.41, 5.74) is 0. The highest BCUT2D eigenvalue weighted by Crippen LogP contribution is 2.49. The van der Waals surface area contributed by atoms with Gasteiger partial charge >= 0.3 is 0 Å². The summed E-state index contributed by atoms with van der Waals surface area (Å²) < 4.78 is 28.6. The molecule has 0 spiro atoms. The van der Waals surface area contributed by atoms with Crippen LogP contribution in [0.25, 0.3) is 0 Å². The van der Waals surface area contributed by atoms with Crippen molar-refractivity contribution < 1.29 is 17.6 Å². The van der Waals surface area contributed by atoms with E-state index in [1.807, 2.05) is 0 Å². The zero-order valence-corrected chi connectivity index (χ0v) is 16.5. The molecule has 1 aromatic heterocycles. The molecule has 1 aliphatic heterocycles. The summed E-state index contributed by atoms with van der Waals surface area (Å²) in [4.78, 5) is 12.2. The van der Waals surface area contributed by atoms with E-state index in [4.69, 9.17) is 4.42 Å². The number of nitrogens with zero attached hydrogens (tertiary/aromatic N) is 2. The lowest BCUT2D eigenvalue weighted by Crippen LogP contribution is -2.40. The molecule has 26 heavy (non-hydrogen) atoms. The first-order chi connectivity index (χ1) is 12.4. The molecule has 2 saturated carbocycles. The van der Waals surface area contributed by atoms with Gasteiger partial charge in [-0.3, -0.25) is 4.79 Å². The first kappa shape index (κ1) is 18.3. The summed E-state index contributed by atoms with van der Waals surface area (Å²) in [6.07, 6.45) is 5.78. The number of rotatable bonds is 6. The Balaban J connectivity index is 1.24. The third kappa shape index (κ3) is 3.93. The van der Waals surface area contributed by atoms with Gasteiger partial charge in [0.1, 0.15) is 0 Å². The molecule has 1 N–H and O–H groups in total. The number of thioether (sulfide) groups is 1. The van der Waals surface area contributed by atoms with E-state index in [0.717, 1.165) is 11.8 Å². The maximum absolute atomic E-state index is 12.2. The number of sulfone groups is 1. The van der Waals surface area contributed by atoms with Gasteiger partial charge in [-0.25, -0.2) is 8.42 Å². The highest BCUT2D eigenvalue weighted by atomic mass is 32.2. The largest absolute Gasteiger partial charge is 0.416 e. The number of carbonyl (C=O) groups is 1. The average Bonchev–Trinajstić information content (AvgIpc) is 3.36. The molecule has 4 rings (SSSR count). The van der Waals surface area contributed by atoms with Crippen molar-refractivity contribution in [3.8, 4) is 0 Å². The number of fused-ring (bicyclic) bond motifs is 2. The van der Waals surface area contributed by atoms with Crippen LogP contribution < -0.4 is 5.32 Å². The summed E-state index contributed by atoms with van der Waals surface area (Å²) in [6.45, 7) is 2.11. The predicted octanol–water partition coefficient (Wildman–Crippen LogP) is 2.00. The Hall–Kier alpha value is -1.09. The van der Waals surface area contributed by atoms with Crippen molar-refractivity contribution in [2.45, 2.75) is 56.2 Å². The first-order valence-electron chi connectivity index (χ1n) is 9.35. The van der Waals surface area contributed by atoms with Crippen LogP contribution in [0.5, 0.6) is 0 Å². The fourth-order valence-corrected chi connectivity index (χ4v) is 7.18. The van der Waals surface area contributed by atoms with Crippen LogP contribution >= 0.6 is 11.8 Å². The normalized spacial score (nSPS) is 33.4. The summed E-state index contributed by atoms with van der Waals surface area (Å²) in [7, 11) is -2.98. The van der Waals surface area contributed by atoms with E-state index in [-0.39, 0.29) is 35.1 Å². The van der Waals surface area contributed by atoms with Gasteiger partial charge in [-0.1, -0.05) is 18.2 Å². The SMILES string of the molecule is CC(NC(=O)CSc1nnc(C2CCS(=O)(=O)C2)o1)C1CC2CCC1C2. The Kier molecular flexibility index (Phi) is 5.02. The van der Waals surface area contributed by atoms with Gasteiger partial charge in [0, 0.05) is 6.04 Å². The van der Waals surface area contributed by atoms with Crippen LogP contribution in [0.4, 0.5) is 0 Å². The van der Waals surface area contributed by atoms with Crippen LogP contribution in [0.2, 0.25) is 0 Å². The molecule has 5 unspecified atom stereocenters. The second-order valence-corrected chi connectivity index (χ2v) is 11.1. The topological polar surface area (TPSA) is 102 Å². The van der Waals surface area contributed by atoms with E-state index in [2.05, 4.69) is 22.4 Å². The van der Waals surface area contributed by atoms with Gasteiger partial charge in [0.25, 0.3) is 5.22 Å². The molecule has 3 aliphatic rings. The molecule has 3 fully saturated rings. The van der Waals surface area contributed by atoms with Crippen molar-refractivity contribution in [3.05, 3.63) is 5.89 Å². The zero-order valence-electron chi connectivity index (χ0n) is 14.9. The molecule has 9 heteroatoms. The van der Waals surface area contributed by atoms with E-state index >= 15 is 0 Å². The standard InChI is InChI=1S/C17H25N3O4S2/c1-10(14-7-11-2-3-12(14)6-11)18-15(21)8-25-17-20-19-16(24-17)13-4-5-26(22,23)9-13/h10-14H,2-9H2,1H3,(H,18,21). The van der Waals surface area contributed by atoms with Crippen LogP contribution in [-0.2, 0) is 14.6 Å². The Morgan fingerprint density at radius 1 is 1.31 bits per heavy atom. The average molecular weight is 400 g/mol. The summed E-state index contributed by atoms with van der Waals surface area (Å²) in [5, 5.41) is 11.3. The molecular weight excluding hydrogens is 374 g/mol. The lowest BCUT2D eigenvalue weighted by Gasteiger charge is -2.28. The second-order valence-electron chi connectivity index (χ2n) is 7.99. The monoisotopic (exact) mass is 399 g/mol. The smallest absolute Gasteiger partial charge is 0.277 e. The molecule has 0 aromatic carbocycles. The van der Waals surface area contributed by atoms with Crippen molar-refractivity contribution >= 4 is 27.5 Å². The van der Waals surface area contributed by atoms with Crippen molar-refractivity contribution in [2.24, 2.45) is 17.8 Å². The molecule has 2 aliphatic carbocycles. The fraction of sp³-hybridized carbons (Fsp3) is 0.824. The molecule has 1 amide bonds. The Labute approximate surface area is 158 Å². The number of hydrogen-bond acceptors (Lipinski definition) is 7.